The first-order valence-electron chi connectivity index (χ1n) is 5.81. The molecule has 0 spiro atoms. The molecule has 0 saturated carbocycles. The van der Waals surface area contributed by atoms with Crippen LogP contribution in [0.15, 0.2) is 23.0 Å². The quantitative estimate of drug-likeness (QED) is 0.510. The van der Waals surface area contributed by atoms with Gasteiger partial charge >= 0.3 is 17.5 Å². The van der Waals surface area contributed by atoms with Gasteiger partial charge in [0.25, 0.3) is 0 Å². The van der Waals surface area contributed by atoms with Crippen molar-refractivity contribution >= 4 is 22.8 Å². The predicted molar refractivity (Wildman–Crippen MR) is 67.4 cm³/mol. The molecule has 7 nitrogen and oxygen atoms in total. The van der Waals surface area contributed by atoms with E-state index >= 15 is 0 Å². The number of fused-ring (bicyclic) bond motifs is 1. The Morgan fingerprint density at radius 1 is 1.05 bits per heavy atom. The number of rotatable bonds is 1. The topological polar surface area (TPSA) is 107 Å². The minimum atomic E-state index is -0.687. The lowest BCUT2D eigenvalue weighted by Crippen LogP contribution is -2.60. The van der Waals surface area contributed by atoms with Crippen LogP contribution in [0.3, 0.4) is 0 Å². The second kappa shape index (κ2) is 3.71. The average molecular weight is 260 g/mol. The fourth-order valence-electron chi connectivity index (χ4n) is 2.24. The summed E-state index contributed by atoms with van der Waals surface area (Å²) < 4.78 is 0. The molecule has 1 fully saturated rings. The first-order valence-corrected chi connectivity index (χ1v) is 5.81. The molecule has 98 valence electrons. The maximum Gasteiger partial charge on any atom is 0.323 e. The van der Waals surface area contributed by atoms with Crippen LogP contribution < -0.4 is 16.3 Å². The van der Waals surface area contributed by atoms with Crippen molar-refractivity contribution in [1.82, 2.24) is 20.6 Å². The van der Waals surface area contributed by atoms with Gasteiger partial charge in [0.1, 0.15) is 0 Å². The van der Waals surface area contributed by atoms with Gasteiger partial charge in [0.15, 0.2) is 0 Å². The summed E-state index contributed by atoms with van der Waals surface area (Å²) in [5, 5.41) is 5.22. The number of carbonyl (C=O) groups is 2. The molecule has 0 aliphatic carbocycles. The zero-order chi connectivity index (χ0) is 13.6. The van der Waals surface area contributed by atoms with Gasteiger partial charge in [0, 0.05) is 6.54 Å². The fraction of sp³-hybridized carbons (Fsp3) is 0.250. The van der Waals surface area contributed by atoms with Crippen LogP contribution in [0.25, 0.3) is 11.0 Å². The van der Waals surface area contributed by atoms with Crippen molar-refractivity contribution in [3.8, 4) is 0 Å². The number of benzene rings is 1. The Labute approximate surface area is 107 Å². The van der Waals surface area contributed by atoms with E-state index in [1.54, 1.807) is 12.1 Å². The van der Waals surface area contributed by atoms with E-state index in [2.05, 4.69) is 20.6 Å². The third-order valence-corrected chi connectivity index (χ3v) is 3.35. The summed E-state index contributed by atoms with van der Waals surface area (Å²) in [5.41, 5.74) is 1.20. The zero-order valence-electron chi connectivity index (χ0n) is 10.2. The van der Waals surface area contributed by atoms with Crippen LogP contribution >= 0.6 is 0 Å². The molecule has 19 heavy (non-hydrogen) atoms. The van der Waals surface area contributed by atoms with Gasteiger partial charge in [-0.3, -0.25) is 9.59 Å². The second-order valence-corrected chi connectivity index (χ2v) is 4.81. The number of carbonyl (C=O) groups excluding carboxylic acids is 2. The summed E-state index contributed by atoms with van der Waals surface area (Å²) in [5.74, 6) is -1.29. The van der Waals surface area contributed by atoms with E-state index < -0.39 is 17.4 Å². The zero-order valence-corrected chi connectivity index (χ0v) is 10.2. The second-order valence-electron chi connectivity index (χ2n) is 4.81. The molecule has 0 bridgehead atoms. The van der Waals surface area contributed by atoms with E-state index in [4.69, 9.17) is 0 Å². The van der Waals surface area contributed by atoms with Crippen molar-refractivity contribution in [2.45, 2.75) is 12.5 Å². The molecule has 0 radical (unpaired) electrons. The van der Waals surface area contributed by atoms with Crippen molar-refractivity contribution in [1.29, 1.82) is 0 Å². The van der Waals surface area contributed by atoms with E-state index in [0.29, 0.717) is 17.6 Å². The molecule has 1 unspecified atom stereocenters. The average Bonchev–Trinajstić information content (AvgIpc) is 2.73. The molecular weight excluding hydrogens is 248 g/mol. The minimum absolute atomic E-state index is 0.279. The van der Waals surface area contributed by atoms with Crippen LogP contribution in [-0.4, -0.2) is 28.3 Å². The van der Waals surface area contributed by atoms with Crippen molar-refractivity contribution in [3.63, 3.8) is 0 Å². The van der Waals surface area contributed by atoms with E-state index in [0.717, 1.165) is 5.56 Å². The van der Waals surface area contributed by atoms with Crippen LogP contribution in [0.5, 0.6) is 0 Å². The Hall–Kier alpha value is -2.57. The molecule has 2 heterocycles. The Morgan fingerprint density at radius 3 is 2.53 bits per heavy atom. The number of piperazine rings is 1. The van der Waals surface area contributed by atoms with Crippen LogP contribution in [0.2, 0.25) is 0 Å². The van der Waals surface area contributed by atoms with Gasteiger partial charge in [-0.15, -0.1) is 0 Å². The van der Waals surface area contributed by atoms with E-state index in [-0.39, 0.29) is 5.69 Å². The number of amides is 2. The van der Waals surface area contributed by atoms with E-state index in [1.807, 2.05) is 13.0 Å². The molecule has 1 aromatic heterocycles. The highest BCUT2D eigenvalue weighted by Gasteiger charge is 2.36. The number of imidazole rings is 1. The third-order valence-electron chi connectivity index (χ3n) is 3.35. The molecule has 1 aliphatic rings. The Balaban J connectivity index is 2.05. The summed E-state index contributed by atoms with van der Waals surface area (Å²) in [7, 11) is 0. The largest absolute Gasteiger partial charge is 0.345 e. The Morgan fingerprint density at radius 2 is 1.79 bits per heavy atom. The molecule has 4 N–H and O–H groups in total. The summed E-state index contributed by atoms with van der Waals surface area (Å²) in [4.78, 5) is 39.1. The first-order chi connectivity index (χ1) is 8.98. The van der Waals surface area contributed by atoms with E-state index in [9.17, 15) is 14.4 Å². The smallest absolute Gasteiger partial charge is 0.323 e. The van der Waals surface area contributed by atoms with Crippen LogP contribution in [0.4, 0.5) is 0 Å². The maximum absolute atomic E-state index is 11.5. The Kier molecular flexibility index (Phi) is 2.25. The lowest BCUT2D eigenvalue weighted by atomic mass is 9.90. The van der Waals surface area contributed by atoms with Crippen LogP contribution in [-0.2, 0) is 15.1 Å². The molecule has 2 aromatic rings. The summed E-state index contributed by atoms with van der Waals surface area (Å²) in [6.45, 7) is 2.12. The summed E-state index contributed by atoms with van der Waals surface area (Å²) in [6, 6.07) is 5.35. The monoisotopic (exact) mass is 260 g/mol. The van der Waals surface area contributed by atoms with Gasteiger partial charge in [-0.25, -0.2) is 4.79 Å². The fourth-order valence-corrected chi connectivity index (χ4v) is 2.24. The third kappa shape index (κ3) is 1.79. The Bertz CT molecular complexity index is 745. The van der Waals surface area contributed by atoms with Crippen molar-refractivity contribution < 1.29 is 9.59 Å². The highest BCUT2D eigenvalue weighted by atomic mass is 16.2. The molecule has 1 atom stereocenters. The first kappa shape index (κ1) is 11.5. The predicted octanol–water partition coefficient (Wildman–Crippen LogP) is -0.683. The summed E-state index contributed by atoms with van der Waals surface area (Å²) in [6.07, 6.45) is 0. The van der Waals surface area contributed by atoms with Gasteiger partial charge in [-0.05, 0) is 24.6 Å². The van der Waals surface area contributed by atoms with Gasteiger partial charge in [-0.2, -0.15) is 0 Å². The standard InChI is InChI=1S/C12H12N4O3/c1-12(5-13-9(17)10(18)16-12)6-2-3-7-8(4-6)15-11(19)14-7/h2-4H,5H2,1H3,(H,13,17)(H,16,18)(H2,14,15,19). The molecule has 7 heteroatoms. The van der Waals surface area contributed by atoms with Crippen LogP contribution in [0, 0.1) is 0 Å². The molecule has 3 rings (SSSR count). The number of hydrogen-bond acceptors (Lipinski definition) is 3. The number of aromatic amines is 2. The maximum atomic E-state index is 11.5. The van der Waals surface area contributed by atoms with Crippen LogP contribution in [0.1, 0.15) is 12.5 Å². The van der Waals surface area contributed by atoms with Gasteiger partial charge in [0.2, 0.25) is 0 Å². The number of aromatic nitrogens is 2. The molecule has 1 aromatic carbocycles. The van der Waals surface area contributed by atoms with E-state index in [1.165, 1.54) is 0 Å². The van der Waals surface area contributed by atoms with Crippen molar-refractivity contribution in [2.75, 3.05) is 6.54 Å². The minimum Gasteiger partial charge on any atom is -0.345 e. The SMILES string of the molecule is CC1(c2ccc3[nH]c(=O)[nH]c3c2)CNC(=O)C(=O)N1. The van der Waals surface area contributed by atoms with Crippen molar-refractivity contribution in [3.05, 3.63) is 34.2 Å². The molecule has 1 saturated heterocycles. The lowest BCUT2D eigenvalue weighted by molar-refractivity contribution is -0.142. The number of nitrogens with one attached hydrogen (secondary N) is 4. The number of hydrogen-bond donors (Lipinski definition) is 4. The van der Waals surface area contributed by atoms with Crippen molar-refractivity contribution in [2.24, 2.45) is 0 Å². The van der Waals surface area contributed by atoms with Gasteiger partial charge < -0.3 is 20.6 Å². The molecular formula is C12H12N4O3. The summed E-state index contributed by atoms with van der Waals surface area (Å²) >= 11 is 0. The number of H-pyrrole nitrogens is 2. The molecule has 2 amide bonds. The normalized spacial score (nSPS) is 23.2. The van der Waals surface area contributed by atoms with Gasteiger partial charge in [-0.1, -0.05) is 6.07 Å². The molecule has 1 aliphatic heterocycles. The van der Waals surface area contributed by atoms with Gasteiger partial charge in [0.05, 0.1) is 16.6 Å². The highest BCUT2D eigenvalue weighted by molar-refractivity contribution is 6.35. The lowest BCUT2D eigenvalue weighted by Gasteiger charge is -2.34. The highest BCUT2D eigenvalue weighted by Crippen LogP contribution is 2.24.